The van der Waals surface area contributed by atoms with Gasteiger partial charge < -0.3 is 5.32 Å². The Hall–Kier alpha value is -4.08. The lowest BCUT2D eigenvalue weighted by Crippen LogP contribution is -2.16. The largest absolute Gasteiger partial charge is 0.323 e. The van der Waals surface area contributed by atoms with Crippen molar-refractivity contribution in [2.24, 2.45) is 5.92 Å². The molecular formula is C21H19N9O. The summed E-state index contributed by atoms with van der Waals surface area (Å²) in [6, 6.07) is 5.80. The van der Waals surface area contributed by atoms with Crippen LogP contribution in [0.4, 0.5) is 5.69 Å². The Labute approximate surface area is 176 Å². The number of amides is 1. The number of fused-ring (bicyclic) bond motifs is 2. The lowest BCUT2D eigenvalue weighted by Gasteiger charge is -2.13. The first-order valence-electron chi connectivity index (χ1n) is 10.2. The number of nitrogens with zero attached hydrogens (tertiary/aromatic N) is 7. The maximum absolute atomic E-state index is 12.4. The molecule has 1 atom stereocenters. The van der Waals surface area contributed by atoms with Gasteiger partial charge in [0.1, 0.15) is 5.82 Å². The molecule has 154 valence electrons. The third-order valence-electron chi connectivity index (χ3n) is 5.68. The number of pyridine rings is 1. The summed E-state index contributed by atoms with van der Waals surface area (Å²) in [7, 11) is 0. The lowest BCUT2D eigenvalue weighted by molar-refractivity contribution is -0.117. The number of hydrogen-bond acceptors (Lipinski definition) is 6. The fourth-order valence-electron chi connectivity index (χ4n) is 3.74. The quantitative estimate of drug-likeness (QED) is 0.457. The molecule has 1 saturated carbocycles. The highest BCUT2D eigenvalue weighted by Gasteiger charge is 2.30. The second-order valence-electron chi connectivity index (χ2n) is 7.85. The molecule has 0 spiro atoms. The number of carbonyl (C=O) groups excluding carboxylic acids is 1. The molecule has 5 aromatic rings. The Balaban J connectivity index is 1.42. The van der Waals surface area contributed by atoms with E-state index in [1.807, 2.05) is 41.9 Å². The summed E-state index contributed by atoms with van der Waals surface area (Å²) in [6.45, 7) is 2.03. The van der Waals surface area contributed by atoms with E-state index < -0.39 is 0 Å². The van der Waals surface area contributed by atoms with Gasteiger partial charge in [-0.1, -0.05) is 0 Å². The van der Waals surface area contributed by atoms with Gasteiger partial charge in [-0.3, -0.25) is 14.3 Å². The van der Waals surface area contributed by atoms with Crippen LogP contribution in [-0.2, 0) is 4.79 Å². The number of hydrogen-bond donors (Lipinski definition) is 2. The summed E-state index contributed by atoms with van der Waals surface area (Å²) in [6.07, 6.45) is 10.9. The highest BCUT2D eigenvalue weighted by atomic mass is 16.2. The molecule has 1 aliphatic carbocycles. The number of aromatic amines is 1. The van der Waals surface area contributed by atoms with Crippen molar-refractivity contribution in [1.82, 2.24) is 39.4 Å². The van der Waals surface area contributed by atoms with Gasteiger partial charge >= 0.3 is 0 Å². The highest BCUT2D eigenvalue weighted by molar-refractivity contribution is 5.97. The molecule has 1 fully saturated rings. The smallest absolute Gasteiger partial charge is 0.227 e. The van der Waals surface area contributed by atoms with Crippen LogP contribution in [0, 0.1) is 5.92 Å². The van der Waals surface area contributed by atoms with Crippen molar-refractivity contribution in [2.75, 3.05) is 5.32 Å². The van der Waals surface area contributed by atoms with Crippen molar-refractivity contribution in [1.29, 1.82) is 0 Å². The van der Waals surface area contributed by atoms with E-state index in [0.29, 0.717) is 11.3 Å². The maximum Gasteiger partial charge on any atom is 0.227 e. The van der Waals surface area contributed by atoms with Crippen molar-refractivity contribution in [3.63, 3.8) is 0 Å². The average molecular weight is 413 g/mol. The van der Waals surface area contributed by atoms with Crippen LogP contribution >= 0.6 is 0 Å². The van der Waals surface area contributed by atoms with Crippen LogP contribution in [0.25, 0.3) is 22.4 Å². The van der Waals surface area contributed by atoms with Crippen LogP contribution in [0.15, 0.2) is 49.2 Å². The number of H-pyrrole nitrogens is 1. The minimum Gasteiger partial charge on any atom is -0.323 e. The van der Waals surface area contributed by atoms with E-state index in [2.05, 4.69) is 30.7 Å². The van der Waals surface area contributed by atoms with Crippen molar-refractivity contribution in [2.45, 2.75) is 25.7 Å². The van der Waals surface area contributed by atoms with Crippen LogP contribution in [0.2, 0.25) is 0 Å². The second-order valence-corrected chi connectivity index (χ2v) is 7.85. The minimum atomic E-state index is -0.169. The summed E-state index contributed by atoms with van der Waals surface area (Å²) in [5.74, 6) is 0.725. The molecule has 0 bridgehead atoms. The van der Waals surface area contributed by atoms with Gasteiger partial charge in [0.15, 0.2) is 11.3 Å². The molecule has 1 amide bonds. The van der Waals surface area contributed by atoms with Gasteiger partial charge in [0.05, 0.1) is 23.5 Å². The summed E-state index contributed by atoms with van der Waals surface area (Å²) < 4.78 is 3.66. The zero-order valence-electron chi connectivity index (χ0n) is 16.7. The topological polar surface area (TPSA) is 118 Å². The van der Waals surface area contributed by atoms with E-state index in [1.165, 1.54) is 0 Å². The second kappa shape index (κ2) is 6.73. The fraction of sp³-hybridized carbons (Fsp3) is 0.238. The number of carbonyl (C=O) groups is 1. The van der Waals surface area contributed by atoms with E-state index in [0.717, 1.165) is 41.1 Å². The van der Waals surface area contributed by atoms with Crippen molar-refractivity contribution < 1.29 is 4.79 Å². The van der Waals surface area contributed by atoms with Gasteiger partial charge in [0.2, 0.25) is 5.91 Å². The molecule has 1 unspecified atom stereocenters. The Morgan fingerprint density at radius 3 is 2.97 bits per heavy atom. The van der Waals surface area contributed by atoms with E-state index in [9.17, 15) is 4.79 Å². The first kappa shape index (κ1) is 17.8. The molecule has 1 aliphatic rings. The third kappa shape index (κ3) is 3.03. The number of anilines is 1. The summed E-state index contributed by atoms with van der Waals surface area (Å²) >= 11 is 0. The molecule has 6 rings (SSSR count). The van der Waals surface area contributed by atoms with E-state index in [1.54, 1.807) is 23.1 Å². The SMILES string of the molecule is CC(c1cc(NC(=O)C2CC2)c2nccn2n1)c1nnc2ccc(-c3cn[nH]c3)cn12. The number of nitrogens with one attached hydrogen (secondary N) is 2. The Bertz CT molecular complexity index is 1410. The van der Waals surface area contributed by atoms with Crippen LogP contribution < -0.4 is 5.32 Å². The Morgan fingerprint density at radius 2 is 2.16 bits per heavy atom. The first-order valence-corrected chi connectivity index (χ1v) is 10.2. The Kier molecular flexibility index (Phi) is 3.85. The molecule has 31 heavy (non-hydrogen) atoms. The van der Waals surface area contributed by atoms with E-state index >= 15 is 0 Å². The van der Waals surface area contributed by atoms with E-state index in [-0.39, 0.29) is 17.7 Å². The molecule has 0 aliphatic heterocycles. The van der Waals surface area contributed by atoms with Gasteiger partial charge in [0.25, 0.3) is 0 Å². The van der Waals surface area contributed by atoms with Crippen molar-refractivity contribution in [3.05, 3.63) is 60.7 Å². The molecule has 10 heteroatoms. The first-order chi connectivity index (χ1) is 15.2. The zero-order chi connectivity index (χ0) is 20.9. The van der Waals surface area contributed by atoms with E-state index in [4.69, 9.17) is 5.10 Å². The van der Waals surface area contributed by atoms with Crippen LogP contribution in [0.1, 0.15) is 37.2 Å². The monoisotopic (exact) mass is 413 g/mol. The predicted molar refractivity (Wildman–Crippen MR) is 112 cm³/mol. The number of aromatic nitrogens is 8. The zero-order valence-corrected chi connectivity index (χ0v) is 16.7. The highest BCUT2D eigenvalue weighted by Crippen LogP contribution is 2.32. The van der Waals surface area contributed by atoms with Gasteiger partial charge in [0, 0.05) is 41.8 Å². The van der Waals surface area contributed by atoms with Gasteiger partial charge in [-0.15, -0.1) is 10.2 Å². The van der Waals surface area contributed by atoms with Gasteiger partial charge in [-0.25, -0.2) is 9.50 Å². The fourth-order valence-corrected chi connectivity index (χ4v) is 3.74. The Morgan fingerprint density at radius 1 is 1.26 bits per heavy atom. The van der Waals surface area contributed by atoms with Gasteiger partial charge in [-0.2, -0.15) is 10.2 Å². The molecule has 0 aromatic carbocycles. The molecule has 0 saturated heterocycles. The lowest BCUT2D eigenvalue weighted by atomic mass is 10.1. The van der Waals surface area contributed by atoms with Gasteiger partial charge in [-0.05, 0) is 38.0 Å². The summed E-state index contributed by atoms with van der Waals surface area (Å²) in [5.41, 5.74) is 4.78. The molecule has 10 nitrogen and oxygen atoms in total. The third-order valence-corrected chi connectivity index (χ3v) is 5.68. The molecule has 5 heterocycles. The number of rotatable bonds is 5. The standard InChI is InChI=1S/C21H19N9O/c1-12(19-27-26-18-5-4-14(11-29(18)19)15-9-23-24-10-15)16-8-17(25-21(31)13-2-3-13)20-22-6-7-30(20)28-16/h4-13H,2-3H2,1H3,(H,23,24)(H,25,31). The van der Waals surface area contributed by atoms with Crippen LogP contribution in [0.5, 0.6) is 0 Å². The molecule has 2 N–H and O–H groups in total. The molecule has 5 aromatic heterocycles. The van der Waals surface area contributed by atoms with Crippen molar-refractivity contribution in [3.8, 4) is 11.1 Å². The minimum absolute atomic E-state index is 0.0346. The maximum atomic E-state index is 12.4. The summed E-state index contributed by atoms with van der Waals surface area (Å²) in [4.78, 5) is 16.7. The van der Waals surface area contributed by atoms with Crippen LogP contribution in [-0.4, -0.2) is 45.3 Å². The number of imidazole rings is 1. The predicted octanol–water partition coefficient (Wildman–Crippen LogP) is 2.66. The molecule has 0 radical (unpaired) electrons. The average Bonchev–Trinajstić information content (AvgIpc) is 3.18. The van der Waals surface area contributed by atoms with Crippen molar-refractivity contribution >= 4 is 22.9 Å². The molecular weight excluding hydrogens is 394 g/mol. The normalized spacial score (nSPS) is 14.9. The summed E-state index contributed by atoms with van der Waals surface area (Å²) in [5, 5.41) is 23.3. The van der Waals surface area contributed by atoms with Crippen LogP contribution in [0.3, 0.4) is 0 Å².